The average Bonchev–Trinajstić information content (AvgIpc) is 3.01. The molecule has 1 aromatic carbocycles. The normalized spacial score (nSPS) is 25.6. The van der Waals surface area contributed by atoms with E-state index < -0.39 is 6.10 Å². The molecule has 0 spiro atoms. The Morgan fingerprint density at radius 3 is 2.56 bits per heavy atom. The zero-order chi connectivity index (χ0) is 19.2. The smallest absolute Gasteiger partial charge is 0.123 e. The molecule has 0 amide bonds. The van der Waals surface area contributed by atoms with Gasteiger partial charge in [-0.25, -0.2) is 4.39 Å². The molecule has 1 saturated carbocycles. The first-order valence-corrected chi connectivity index (χ1v) is 10.5. The summed E-state index contributed by atoms with van der Waals surface area (Å²) in [7, 11) is 2.05. The van der Waals surface area contributed by atoms with E-state index in [-0.39, 0.29) is 5.82 Å². The van der Waals surface area contributed by atoms with Crippen molar-refractivity contribution in [2.45, 2.75) is 76.2 Å². The Morgan fingerprint density at radius 2 is 1.85 bits per heavy atom. The van der Waals surface area contributed by atoms with Crippen LogP contribution in [0.15, 0.2) is 24.3 Å². The third-order valence-electron chi connectivity index (χ3n) is 6.20. The number of hydrogen-bond donors (Lipinski definition) is 1. The highest BCUT2D eigenvalue weighted by molar-refractivity contribution is 5.45. The molecule has 152 valence electrons. The van der Waals surface area contributed by atoms with E-state index in [1.165, 1.54) is 31.4 Å². The number of anilines is 1. The number of ether oxygens (including phenoxy) is 1. The summed E-state index contributed by atoms with van der Waals surface area (Å²) in [6, 6.07) is 7.54. The first-order chi connectivity index (χ1) is 13.0. The predicted octanol–water partition coefficient (Wildman–Crippen LogP) is 3.83. The molecule has 2 aliphatic rings. The summed E-state index contributed by atoms with van der Waals surface area (Å²) in [5.41, 5.74) is 1.03. The second kappa shape index (κ2) is 9.85. The highest BCUT2D eigenvalue weighted by Gasteiger charge is 2.32. The van der Waals surface area contributed by atoms with E-state index in [1.54, 1.807) is 0 Å². The van der Waals surface area contributed by atoms with E-state index in [2.05, 4.69) is 23.8 Å². The van der Waals surface area contributed by atoms with Crippen molar-refractivity contribution >= 4 is 5.69 Å². The van der Waals surface area contributed by atoms with Crippen LogP contribution in [0.3, 0.4) is 0 Å². The van der Waals surface area contributed by atoms with Gasteiger partial charge in [0.2, 0.25) is 0 Å². The van der Waals surface area contributed by atoms with E-state index in [0.29, 0.717) is 31.3 Å². The fourth-order valence-corrected chi connectivity index (χ4v) is 4.54. The Labute approximate surface area is 163 Å². The van der Waals surface area contributed by atoms with Crippen molar-refractivity contribution in [3.8, 4) is 0 Å². The van der Waals surface area contributed by atoms with E-state index in [1.807, 2.05) is 12.1 Å². The molecule has 3 atom stereocenters. The van der Waals surface area contributed by atoms with E-state index in [0.717, 1.165) is 37.9 Å². The van der Waals surface area contributed by atoms with Crippen LogP contribution < -0.4 is 4.90 Å². The van der Waals surface area contributed by atoms with E-state index >= 15 is 0 Å². The van der Waals surface area contributed by atoms with Gasteiger partial charge in [0.15, 0.2) is 0 Å². The lowest BCUT2D eigenvalue weighted by atomic mass is 9.98. The lowest BCUT2D eigenvalue weighted by Crippen LogP contribution is -2.46. The SMILES string of the molecule is CC1CCC(CN(C)c2ccc(F)cc2)N1CC(O)COC1CCCCC1. The summed E-state index contributed by atoms with van der Waals surface area (Å²) < 4.78 is 19.1. The van der Waals surface area contributed by atoms with Crippen LogP contribution in [0.4, 0.5) is 10.1 Å². The summed E-state index contributed by atoms with van der Waals surface area (Å²) in [5, 5.41) is 10.5. The maximum Gasteiger partial charge on any atom is 0.123 e. The van der Waals surface area contributed by atoms with Gasteiger partial charge < -0.3 is 14.7 Å². The molecular weight excluding hydrogens is 343 g/mol. The standard InChI is InChI=1S/C22H35FN2O2/c1-17-8-11-20(14-24(2)19-12-9-18(23)10-13-19)25(17)15-21(26)16-27-22-6-4-3-5-7-22/h9-10,12-13,17,20-22,26H,3-8,11,14-16H2,1-2H3. The fraction of sp³-hybridized carbons (Fsp3) is 0.727. The van der Waals surface area contributed by atoms with Crippen molar-refractivity contribution in [2.24, 2.45) is 0 Å². The number of halogens is 1. The van der Waals surface area contributed by atoms with Gasteiger partial charge in [0.1, 0.15) is 5.82 Å². The first-order valence-electron chi connectivity index (χ1n) is 10.5. The molecule has 3 rings (SSSR count). The fourth-order valence-electron chi connectivity index (χ4n) is 4.54. The van der Waals surface area contributed by atoms with Gasteiger partial charge in [-0.05, 0) is 56.9 Å². The van der Waals surface area contributed by atoms with Crippen molar-refractivity contribution in [3.63, 3.8) is 0 Å². The Morgan fingerprint density at radius 1 is 1.15 bits per heavy atom. The van der Waals surface area contributed by atoms with Crippen LogP contribution in [0.2, 0.25) is 0 Å². The maximum absolute atomic E-state index is 13.2. The summed E-state index contributed by atoms with van der Waals surface area (Å²) in [6.45, 7) is 4.23. The Kier molecular flexibility index (Phi) is 7.50. The minimum atomic E-state index is -0.439. The number of hydrogen-bond acceptors (Lipinski definition) is 4. The molecule has 0 bridgehead atoms. The largest absolute Gasteiger partial charge is 0.389 e. The van der Waals surface area contributed by atoms with Gasteiger partial charge in [0, 0.05) is 37.9 Å². The zero-order valence-electron chi connectivity index (χ0n) is 16.8. The number of β-amino-alcohol motifs (C(OH)–C–C–N with tert-alkyl or cyclic N) is 1. The molecule has 1 aliphatic carbocycles. The Bertz CT molecular complexity index is 562. The van der Waals surface area contributed by atoms with Crippen molar-refractivity contribution in [3.05, 3.63) is 30.1 Å². The molecule has 3 unspecified atom stereocenters. The molecule has 2 fully saturated rings. The van der Waals surface area contributed by atoms with Crippen LogP contribution in [0, 0.1) is 5.82 Å². The maximum atomic E-state index is 13.2. The highest BCUT2D eigenvalue weighted by atomic mass is 19.1. The van der Waals surface area contributed by atoms with Crippen LogP contribution in [0.25, 0.3) is 0 Å². The van der Waals surface area contributed by atoms with Crippen molar-refractivity contribution in [1.29, 1.82) is 0 Å². The Hall–Kier alpha value is -1.17. The van der Waals surface area contributed by atoms with Crippen LogP contribution in [-0.2, 0) is 4.74 Å². The van der Waals surface area contributed by atoms with Gasteiger partial charge in [-0.3, -0.25) is 4.90 Å². The van der Waals surface area contributed by atoms with Gasteiger partial charge in [-0.1, -0.05) is 19.3 Å². The van der Waals surface area contributed by atoms with Crippen molar-refractivity contribution < 1.29 is 14.2 Å². The molecule has 0 aromatic heterocycles. The van der Waals surface area contributed by atoms with Crippen LogP contribution >= 0.6 is 0 Å². The summed E-state index contributed by atoms with van der Waals surface area (Å²) in [5.74, 6) is -0.204. The molecule has 0 radical (unpaired) electrons. The number of likely N-dealkylation sites (tertiary alicyclic amines) is 1. The molecular formula is C22H35FN2O2. The number of aliphatic hydroxyl groups excluding tert-OH is 1. The number of aliphatic hydroxyl groups is 1. The molecule has 1 saturated heterocycles. The molecule has 4 nitrogen and oxygen atoms in total. The minimum absolute atomic E-state index is 0.204. The molecule has 1 heterocycles. The third-order valence-corrected chi connectivity index (χ3v) is 6.20. The number of benzene rings is 1. The average molecular weight is 379 g/mol. The van der Waals surface area contributed by atoms with Crippen molar-refractivity contribution in [1.82, 2.24) is 4.90 Å². The molecule has 1 N–H and O–H groups in total. The van der Waals surface area contributed by atoms with Gasteiger partial charge in [0.05, 0.1) is 18.8 Å². The van der Waals surface area contributed by atoms with Crippen LogP contribution in [-0.4, -0.2) is 61.0 Å². The number of likely N-dealkylation sites (N-methyl/N-ethyl adjacent to an activating group) is 1. The topological polar surface area (TPSA) is 35.9 Å². The number of rotatable bonds is 8. The highest BCUT2D eigenvalue weighted by Crippen LogP contribution is 2.26. The molecule has 1 aromatic rings. The van der Waals surface area contributed by atoms with Gasteiger partial charge in [-0.2, -0.15) is 0 Å². The van der Waals surface area contributed by atoms with E-state index in [9.17, 15) is 9.50 Å². The summed E-state index contributed by atoms with van der Waals surface area (Å²) in [6.07, 6.45) is 8.27. The Balaban J connectivity index is 1.49. The minimum Gasteiger partial charge on any atom is -0.389 e. The molecule has 1 aliphatic heterocycles. The molecule has 27 heavy (non-hydrogen) atoms. The second-order valence-electron chi connectivity index (χ2n) is 8.38. The lowest BCUT2D eigenvalue weighted by Gasteiger charge is -2.34. The zero-order valence-corrected chi connectivity index (χ0v) is 16.8. The number of nitrogens with zero attached hydrogens (tertiary/aromatic N) is 2. The second-order valence-corrected chi connectivity index (χ2v) is 8.38. The molecule has 5 heteroatoms. The monoisotopic (exact) mass is 378 g/mol. The van der Waals surface area contributed by atoms with Gasteiger partial charge >= 0.3 is 0 Å². The summed E-state index contributed by atoms with van der Waals surface area (Å²) >= 11 is 0. The lowest BCUT2D eigenvalue weighted by molar-refractivity contribution is -0.0370. The van der Waals surface area contributed by atoms with Crippen molar-refractivity contribution in [2.75, 3.05) is 31.6 Å². The van der Waals surface area contributed by atoms with E-state index in [4.69, 9.17) is 4.74 Å². The first kappa shape index (κ1) is 20.6. The van der Waals surface area contributed by atoms with Crippen LogP contribution in [0.5, 0.6) is 0 Å². The van der Waals surface area contributed by atoms with Crippen LogP contribution in [0.1, 0.15) is 51.9 Å². The third kappa shape index (κ3) is 5.90. The van der Waals surface area contributed by atoms with Gasteiger partial charge in [-0.15, -0.1) is 0 Å². The summed E-state index contributed by atoms with van der Waals surface area (Å²) in [4.78, 5) is 4.61. The van der Waals surface area contributed by atoms with Gasteiger partial charge in [0.25, 0.3) is 0 Å². The quantitative estimate of drug-likeness (QED) is 0.746. The predicted molar refractivity (Wildman–Crippen MR) is 108 cm³/mol.